The molecule has 0 aromatic heterocycles. The third kappa shape index (κ3) is 11.6. The van der Waals surface area contributed by atoms with Crippen LogP contribution in [0.4, 0.5) is 0 Å². The van der Waals surface area contributed by atoms with Gasteiger partial charge in [0.05, 0.1) is 37.3 Å². The average molecular weight is 709 g/mol. The molecule has 0 radical (unpaired) electrons. The van der Waals surface area contributed by atoms with Gasteiger partial charge in [-0.2, -0.15) is 0 Å². The van der Waals surface area contributed by atoms with E-state index < -0.39 is 11.6 Å². The third-order valence-electron chi connectivity index (χ3n) is 11.4. The monoisotopic (exact) mass is 709 g/mol. The number of esters is 2. The fraction of sp³-hybridized carbons (Fsp3) is 0.950. The molecule has 290 valence electrons. The van der Waals surface area contributed by atoms with E-state index in [1.165, 1.54) is 0 Å². The number of unbranched alkanes of at least 4 members (excludes halogenated alkanes) is 5. The summed E-state index contributed by atoms with van der Waals surface area (Å²) < 4.78 is 37.4. The molecule has 0 aromatic carbocycles. The molecule has 4 heterocycles. The summed E-state index contributed by atoms with van der Waals surface area (Å²) in [6.45, 7) is 24.6. The van der Waals surface area contributed by atoms with E-state index in [2.05, 4.69) is 79.9 Å². The lowest BCUT2D eigenvalue weighted by Crippen LogP contribution is -2.67. The smallest absolute Gasteiger partial charge is 0.305 e. The Morgan fingerprint density at radius 1 is 0.500 bits per heavy atom. The maximum Gasteiger partial charge on any atom is 0.305 e. The molecule has 4 aliphatic rings. The van der Waals surface area contributed by atoms with Crippen molar-refractivity contribution in [3.8, 4) is 0 Å². The van der Waals surface area contributed by atoms with E-state index in [0.717, 1.165) is 77.0 Å². The van der Waals surface area contributed by atoms with E-state index in [9.17, 15) is 9.59 Å². The van der Waals surface area contributed by atoms with Crippen LogP contribution in [-0.4, -0.2) is 85.3 Å². The van der Waals surface area contributed by atoms with Gasteiger partial charge in [0, 0.05) is 60.7 Å². The van der Waals surface area contributed by atoms with Gasteiger partial charge in [0.15, 0.2) is 11.6 Å². The molecule has 10 nitrogen and oxygen atoms in total. The zero-order valence-corrected chi connectivity index (χ0v) is 33.4. The minimum Gasteiger partial charge on any atom is -0.465 e. The Balaban J connectivity index is 1.04. The molecule has 4 saturated heterocycles. The lowest BCUT2D eigenvalue weighted by Gasteiger charge is -2.55. The van der Waals surface area contributed by atoms with Crippen LogP contribution in [0.15, 0.2) is 0 Å². The number of ether oxygens (including phenoxy) is 6. The van der Waals surface area contributed by atoms with Crippen molar-refractivity contribution in [1.29, 1.82) is 0 Å². The lowest BCUT2D eigenvalue weighted by molar-refractivity contribution is -0.333. The van der Waals surface area contributed by atoms with Crippen molar-refractivity contribution in [2.45, 2.75) is 193 Å². The largest absolute Gasteiger partial charge is 0.465 e. The van der Waals surface area contributed by atoms with Gasteiger partial charge >= 0.3 is 11.9 Å². The molecule has 0 aromatic rings. The van der Waals surface area contributed by atoms with E-state index in [-0.39, 0.29) is 44.9 Å². The van der Waals surface area contributed by atoms with Crippen molar-refractivity contribution >= 4 is 11.9 Å². The predicted molar refractivity (Wildman–Crippen MR) is 195 cm³/mol. The van der Waals surface area contributed by atoms with Gasteiger partial charge in [0.25, 0.3) is 0 Å². The van der Waals surface area contributed by atoms with Crippen LogP contribution >= 0.6 is 0 Å². The summed E-state index contributed by atoms with van der Waals surface area (Å²) >= 11 is 0. The summed E-state index contributed by atoms with van der Waals surface area (Å²) in [5.41, 5.74) is -0.947. The molecule has 0 unspecified atom stereocenters. The second kappa shape index (κ2) is 16.0. The molecule has 4 rings (SSSR count). The first-order valence-electron chi connectivity index (χ1n) is 19.6. The molecule has 2 spiro atoms. The lowest BCUT2D eigenvalue weighted by atomic mass is 9.77. The van der Waals surface area contributed by atoms with Crippen LogP contribution in [0.5, 0.6) is 0 Å². The number of hydrogen-bond acceptors (Lipinski definition) is 10. The normalized spacial score (nSPS) is 26.7. The quantitative estimate of drug-likeness (QED) is 0.132. The van der Waals surface area contributed by atoms with Gasteiger partial charge in [-0.05, 0) is 81.1 Å². The van der Waals surface area contributed by atoms with Gasteiger partial charge < -0.3 is 39.1 Å². The first-order chi connectivity index (χ1) is 23.2. The molecule has 2 N–H and O–H groups in total. The Bertz CT molecular complexity index is 1010. The highest BCUT2D eigenvalue weighted by Crippen LogP contribution is 2.46. The molecule has 4 aliphatic heterocycles. The summed E-state index contributed by atoms with van der Waals surface area (Å²) in [7, 11) is 0. The molecular formula is C40H72N2O8. The van der Waals surface area contributed by atoms with Gasteiger partial charge in [0.2, 0.25) is 0 Å². The number of carbonyl (C=O) groups excluding carboxylic acids is 2. The van der Waals surface area contributed by atoms with Crippen molar-refractivity contribution < 1.29 is 38.0 Å². The zero-order valence-electron chi connectivity index (χ0n) is 33.4. The van der Waals surface area contributed by atoms with Gasteiger partial charge in [0.1, 0.15) is 13.2 Å². The highest BCUT2D eigenvalue weighted by molar-refractivity contribution is 5.69. The minimum atomic E-state index is -0.592. The highest BCUT2D eigenvalue weighted by Gasteiger charge is 2.54. The minimum absolute atomic E-state index is 0.0845. The highest BCUT2D eigenvalue weighted by atomic mass is 16.7. The number of rotatable bonds is 15. The average Bonchev–Trinajstić information content (AvgIpc) is 2.99. The topological polar surface area (TPSA) is 114 Å². The summed E-state index contributed by atoms with van der Waals surface area (Å²) in [5.74, 6) is -1.48. The van der Waals surface area contributed by atoms with Gasteiger partial charge in [-0.25, -0.2) is 0 Å². The Kier molecular flexibility index (Phi) is 13.2. The van der Waals surface area contributed by atoms with Crippen molar-refractivity contribution in [3.63, 3.8) is 0 Å². The first-order valence-corrected chi connectivity index (χ1v) is 19.6. The van der Waals surface area contributed by atoms with E-state index in [1.54, 1.807) is 0 Å². The van der Waals surface area contributed by atoms with Gasteiger partial charge in [-0.1, -0.05) is 39.5 Å². The van der Waals surface area contributed by atoms with Crippen LogP contribution < -0.4 is 10.6 Å². The summed E-state index contributed by atoms with van der Waals surface area (Å²) in [6.07, 6.45) is 11.3. The van der Waals surface area contributed by atoms with Crippen molar-refractivity contribution in [2.75, 3.05) is 39.6 Å². The number of nitrogens with one attached hydrogen (secondary N) is 2. The van der Waals surface area contributed by atoms with Crippen LogP contribution in [0.25, 0.3) is 0 Å². The fourth-order valence-electron chi connectivity index (χ4n) is 9.18. The molecule has 0 saturated carbocycles. The molecule has 0 bridgehead atoms. The molecule has 4 fully saturated rings. The van der Waals surface area contributed by atoms with E-state index in [1.807, 2.05) is 0 Å². The van der Waals surface area contributed by atoms with Crippen LogP contribution in [-0.2, 0) is 38.0 Å². The van der Waals surface area contributed by atoms with Gasteiger partial charge in [-0.15, -0.1) is 0 Å². The Labute approximate surface area is 303 Å². The third-order valence-corrected chi connectivity index (χ3v) is 11.4. The molecule has 10 heteroatoms. The van der Waals surface area contributed by atoms with E-state index >= 15 is 0 Å². The van der Waals surface area contributed by atoms with Crippen LogP contribution in [0.1, 0.15) is 159 Å². The summed E-state index contributed by atoms with van der Waals surface area (Å²) in [6, 6.07) is 0. The Hall–Kier alpha value is -1.30. The molecule has 0 amide bonds. The number of piperidine rings is 2. The predicted octanol–water partition coefficient (Wildman–Crippen LogP) is 7.35. The Morgan fingerprint density at radius 2 is 0.780 bits per heavy atom. The molecule has 0 aliphatic carbocycles. The number of hydrogen-bond donors (Lipinski definition) is 2. The molecular weight excluding hydrogens is 636 g/mol. The number of carbonyl (C=O) groups is 2. The summed E-state index contributed by atoms with van der Waals surface area (Å²) in [5, 5.41) is 7.39. The first kappa shape index (κ1) is 41.5. The second-order valence-electron chi connectivity index (χ2n) is 19.1. The summed E-state index contributed by atoms with van der Waals surface area (Å²) in [4.78, 5) is 25.2. The van der Waals surface area contributed by atoms with Crippen LogP contribution in [0.2, 0.25) is 0 Å². The zero-order chi connectivity index (χ0) is 37.0. The Morgan fingerprint density at radius 3 is 1.06 bits per heavy atom. The molecule has 0 atom stereocenters. The maximum atomic E-state index is 12.6. The van der Waals surface area contributed by atoms with E-state index in [0.29, 0.717) is 52.5 Å². The van der Waals surface area contributed by atoms with Crippen molar-refractivity contribution in [2.24, 2.45) is 10.8 Å². The molecule has 50 heavy (non-hydrogen) atoms. The van der Waals surface area contributed by atoms with Crippen molar-refractivity contribution in [3.05, 3.63) is 0 Å². The van der Waals surface area contributed by atoms with Crippen LogP contribution in [0, 0.1) is 10.8 Å². The maximum absolute atomic E-state index is 12.6. The van der Waals surface area contributed by atoms with Crippen molar-refractivity contribution in [1.82, 2.24) is 10.6 Å². The standard InChI is InChI=1S/C40H72N2O8/c1-11-37(27-47-39(48-28-37)21-33(3,4)41-34(5,6)22-39)25-45-31(43)19-17-15-13-14-16-18-20-32(44)46-26-38(12-2)29-49-40(50-30-38)23-35(7,8)42-36(9,10)24-40/h41-42H,11-30H2,1-10H3. The van der Waals surface area contributed by atoms with E-state index in [4.69, 9.17) is 28.4 Å². The van der Waals surface area contributed by atoms with Crippen LogP contribution in [0.3, 0.4) is 0 Å². The second-order valence-corrected chi connectivity index (χ2v) is 19.1. The SMILES string of the molecule is CCC1(COC(=O)CCCCCCCCC(=O)OCC2(CC)COC3(CC(C)(C)NC(C)(C)C3)OC2)COC2(CC(C)(C)NC(C)(C)C2)OC1. The fourth-order valence-corrected chi connectivity index (χ4v) is 9.18. The van der Waals surface area contributed by atoms with Gasteiger partial charge in [-0.3, -0.25) is 9.59 Å².